The van der Waals surface area contributed by atoms with Crippen molar-refractivity contribution in [2.24, 2.45) is 10.9 Å². The molecule has 0 bridgehead atoms. The van der Waals surface area contributed by atoms with Crippen molar-refractivity contribution < 1.29 is 52.8 Å². The monoisotopic (exact) mass is 986 g/mol. The maximum absolute atomic E-state index is 14.2. The van der Waals surface area contributed by atoms with E-state index < -0.39 is 18.4 Å². The molecule has 0 aromatic heterocycles. The molecule has 3 aromatic rings. The normalized spacial score (nSPS) is 21.4. The van der Waals surface area contributed by atoms with Crippen molar-refractivity contribution in [2.45, 2.75) is 117 Å². The van der Waals surface area contributed by atoms with Crippen LogP contribution in [-0.4, -0.2) is 126 Å². The van der Waals surface area contributed by atoms with Gasteiger partial charge in [-0.1, -0.05) is 48.8 Å². The fourth-order valence-electron chi connectivity index (χ4n) is 9.94. The standard InChI is InChI=1S/C55H66N6O11/c1-6-36-24-40-29-57-44-27-49(48(69-5)26-42(44)52(65)59(40)31-36)71-21-13-9-12-20-70-47-28-45-43(22-34(47)3)53(66)60-32-37(7-2)25-46(60)54(67)61(45)55(68)72-33-38-15-17-39(18-16-38)56-30-41(62)14-10-8-11-19-58-50(63)23-35(4)51(58)64/h6-7,15-18,22,26-29,35,40,46,54,56,67H,8-14,19-21,23-25,30-33H2,1-5H3/t35?,40-,46-,54-/m0/s1. The molecule has 5 heterocycles. The maximum Gasteiger partial charge on any atom is 0.416 e. The number of Topliss-reactive ketones (excluding diaryl/α,β-unsaturated/α-hetero) is 1. The van der Waals surface area contributed by atoms with E-state index in [1.165, 1.54) is 10.5 Å². The lowest BCUT2D eigenvalue weighted by Crippen LogP contribution is -2.50. The minimum atomic E-state index is -1.41. The first-order valence-electron chi connectivity index (χ1n) is 25.2. The number of hydrogen-bond acceptors (Lipinski definition) is 13. The molecule has 1 unspecified atom stereocenters. The molecule has 5 aliphatic heterocycles. The summed E-state index contributed by atoms with van der Waals surface area (Å²) in [4.78, 5) is 89.1. The topological polar surface area (TPSA) is 197 Å². The number of unbranched alkanes of at least 4 members (excludes halogenated alkanes) is 4. The number of carbonyl (C=O) groups is 6. The lowest BCUT2D eigenvalue weighted by molar-refractivity contribution is -0.139. The average Bonchev–Trinajstić information content (AvgIpc) is 4.05. The molecule has 0 saturated carbocycles. The van der Waals surface area contributed by atoms with Gasteiger partial charge in [-0.3, -0.25) is 33.9 Å². The summed E-state index contributed by atoms with van der Waals surface area (Å²) in [6.45, 7) is 9.56. The molecule has 5 amide bonds. The third-order valence-electron chi connectivity index (χ3n) is 14.2. The molecule has 5 aliphatic rings. The zero-order valence-corrected chi connectivity index (χ0v) is 41.9. The Morgan fingerprint density at radius 2 is 1.50 bits per heavy atom. The van der Waals surface area contributed by atoms with E-state index in [0.29, 0.717) is 117 Å². The molecule has 0 radical (unpaired) electrons. The number of rotatable bonds is 20. The Morgan fingerprint density at radius 3 is 2.21 bits per heavy atom. The van der Waals surface area contributed by atoms with E-state index in [0.717, 1.165) is 29.7 Å². The van der Waals surface area contributed by atoms with Gasteiger partial charge < -0.3 is 39.2 Å². The molecule has 3 saturated heterocycles. The number of allylic oxidation sites excluding steroid dienone is 2. The van der Waals surface area contributed by atoms with Crippen LogP contribution >= 0.6 is 0 Å². The predicted octanol–water partition coefficient (Wildman–Crippen LogP) is 8.08. The van der Waals surface area contributed by atoms with E-state index in [9.17, 15) is 33.9 Å². The molecule has 17 nitrogen and oxygen atoms in total. The Kier molecular flexibility index (Phi) is 16.4. The maximum atomic E-state index is 14.2. The summed E-state index contributed by atoms with van der Waals surface area (Å²) >= 11 is 0. The molecular formula is C55H66N6O11. The number of aliphatic imine (C=N–C) groups is 1. The number of carbonyl (C=O) groups excluding carboxylic acids is 6. The Balaban J connectivity index is 0.834. The molecule has 8 rings (SSSR count). The third kappa shape index (κ3) is 11.4. The number of likely N-dealkylation sites (tertiary alicyclic amines) is 1. The average molecular weight is 987 g/mol. The molecule has 3 fully saturated rings. The van der Waals surface area contributed by atoms with Gasteiger partial charge in [0.05, 0.1) is 61.5 Å². The van der Waals surface area contributed by atoms with Crippen LogP contribution < -0.4 is 24.4 Å². The van der Waals surface area contributed by atoms with E-state index in [2.05, 4.69) is 16.4 Å². The molecule has 17 heteroatoms. The number of nitrogens with zero attached hydrogens (tertiary/aromatic N) is 5. The van der Waals surface area contributed by atoms with Gasteiger partial charge in [-0.25, -0.2) is 9.69 Å². The van der Waals surface area contributed by atoms with Crippen LogP contribution in [0.4, 0.5) is 21.9 Å². The third-order valence-corrected chi connectivity index (χ3v) is 14.2. The van der Waals surface area contributed by atoms with Crippen molar-refractivity contribution >= 4 is 58.8 Å². The Morgan fingerprint density at radius 1 is 0.806 bits per heavy atom. The molecule has 0 aliphatic carbocycles. The van der Waals surface area contributed by atoms with Crippen LogP contribution in [0.25, 0.3) is 0 Å². The molecule has 3 aromatic carbocycles. The molecule has 72 heavy (non-hydrogen) atoms. The smallest absolute Gasteiger partial charge is 0.416 e. The van der Waals surface area contributed by atoms with Gasteiger partial charge in [-0.15, -0.1) is 0 Å². The van der Waals surface area contributed by atoms with E-state index in [-0.39, 0.29) is 72.2 Å². The van der Waals surface area contributed by atoms with E-state index in [4.69, 9.17) is 18.9 Å². The number of methoxy groups -OCH3 is 1. The van der Waals surface area contributed by atoms with Gasteiger partial charge in [-0.2, -0.15) is 0 Å². The number of anilines is 2. The zero-order chi connectivity index (χ0) is 51.1. The first-order chi connectivity index (χ1) is 34.8. The van der Waals surface area contributed by atoms with Crippen molar-refractivity contribution in [1.82, 2.24) is 14.7 Å². The Bertz CT molecular complexity index is 2660. The summed E-state index contributed by atoms with van der Waals surface area (Å²) in [5.74, 6) is 0.608. The summed E-state index contributed by atoms with van der Waals surface area (Å²) in [7, 11) is 1.55. The number of ether oxygens (including phenoxy) is 4. The molecule has 2 N–H and O–H groups in total. The van der Waals surface area contributed by atoms with Crippen molar-refractivity contribution in [3.8, 4) is 17.2 Å². The van der Waals surface area contributed by atoms with Crippen LogP contribution in [0.2, 0.25) is 0 Å². The van der Waals surface area contributed by atoms with Crippen LogP contribution in [0.15, 0.2) is 76.8 Å². The number of fused-ring (bicyclic) bond motifs is 4. The fraction of sp³-hybridized carbons (Fsp3) is 0.473. The number of nitrogens with one attached hydrogen (secondary N) is 1. The second-order valence-corrected chi connectivity index (χ2v) is 19.2. The highest BCUT2D eigenvalue weighted by molar-refractivity contribution is 6.06. The highest BCUT2D eigenvalue weighted by Crippen LogP contribution is 2.41. The largest absolute Gasteiger partial charge is 0.493 e. The lowest BCUT2D eigenvalue weighted by Gasteiger charge is -2.31. The summed E-state index contributed by atoms with van der Waals surface area (Å²) < 4.78 is 23.9. The highest BCUT2D eigenvalue weighted by Gasteiger charge is 2.46. The quantitative estimate of drug-likeness (QED) is 0.0628. The van der Waals surface area contributed by atoms with Crippen molar-refractivity contribution in [2.75, 3.05) is 56.7 Å². The van der Waals surface area contributed by atoms with Crippen LogP contribution in [-0.2, 0) is 25.7 Å². The van der Waals surface area contributed by atoms with Crippen molar-refractivity contribution in [3.05, 3.63) is 94.1 Å². The molecule has 0 spiro atoms. The van der Waals surface area contributed by atoms with Gasteiger partial charge in [0.1, 0.15) is 12.4 Å². The van der Waals surface area contributed by atoms with Gasteiger partial charge in [0.25, 0.3) is 11.8 Å². The van der Waals surface area contributed by atoms with Gasteiger partial charge in [0.2, 0.25) is 11.8 Å². The van der Waals surface area contributed by atoms with E-state index >= 15 is 0 Å². The predicted molar refractivity (Wildman–Crippen MR) is 271 cm³/mol. The van der Waals surface area contributed by atoms with Gasteiger partial charge >= 0.3 is 6.09 Å². The molecule has 382 valence electrons. The number of amides is 5. The highest BCUT2D eigenvalue weighted by atomic mass is 16.6. The molecular weight excluding hydrogens is 921 g/mol. The Labute approximate surface area is 420 Å². The van der Waals surface area contributed by atoms with Crippen LogP contribution in [0.3, 0.4) is 0 Å². The lowest BCUT2D eigenvalue weighted by atomic mass is 10.1. The van der Waals surface area contributed by atoms with Crippen molar-refractivity contribution in [1.29, 1.82) is 0 Å². The van der Waals surface area contributed by atoms with Crippen LogP contribution in [0, 0.1) is 12.8 Å². The van der Waals surface area contributed by atoms with Gasteiger partial charge in [0.15, 0.2) is 23.5 Å². The van der Waals surface area contributed by atoms with E-state index in [1.807, 2.05) is 38.0 Å². The zero-order valence-electron chi connectivity index (χ0n) is 41.9. The second-order valence-electron chi connectivity index (χ2n) is 19.2. The van der Waals surface area contributed by atoms with Gasteiger partial charge in [0, 0.05) is 62.4 Å². The summed E-state index contributed by atoms with van der Waals surface area (Å²) in [6, 6.07) is 13.2. The minimum absolute atomic E-state index is 0.0392. The fourth-order valence-corrected chi connectivity index (χ4v) is 9.94. The minimum Gasteiger partial charge on any atom is -0.493 e. The summed E-state index contributed by atoms with van der Waals surface area (Å²) in [5.41, 5.74) is 5.77. The van der Waals surface area contributed by atoms with Gasteiger partial charge in [-0.05, 0) is 101 Å². The Hall–Kier alpha value is -7.01. The first kappa shape index (κ1) is 51.3. The number of aliphatic hydroxyl groups excluding tert-OH is 1. The summed E-state index contributed by atoms with van der Waals surface area (Å²) in [6.07, 6.45) is 9.63. The molecule has 4 atom stereocenters. The number of aryl methyl sites for hydroxylation is 1. The number of hydrogen-bond donors (Lipinski definition) is 2. The first-order valence-corrected chi connectivity index (χ1v) is 25.2. The van der Waals surface area contributed by atoms with E-state index in [1.54, 1.807) is 67.5 Å². The van der Waals surface area contributed by atoms with Crippen LogP contribution in [0.1, 0.15) is 117 Å². The SMILES string of the molecule is CC=C1C[C@H]2C=Nc3cc(OCCCCCOc4cc5c(cc4C)C(=O)N4CC(=CC)C[C@H]4[C@H](O)N5C(=O)OCc4ccc(NCC(=O)CCCCCN5C(=O)CC(C)C5=O)cc4)c(OC)cc3C(=O)N2C1. The number of aliphatic hydroxyl groups is 1. The summed E-state index contributed by atoms with van der Waals surface area (Å²) in [5, 5.41) is 15.1. The second kappa shape index (κ2) is 23.0. The van der Waals surface area contributed by atoms with Crippen molar-refractivity contribution in [3.63, 3.8) is 0 Å². The van der Waals surface area contributed by atoms with Crippen LogP contribution in [0.5, 0.6) is 17.2 Å². The number of ketones is 1. The number of imide groups is 1. The number of benzene rings is 3.